The molecule has 0 saturated heterocycles. The van der Waals surface area contributed by atoms with E-state index in [1.165, 1.54) is 5.56 Å². The molecule has 0 N–H and O–H groups in total. The summed E-state index contributed by atoms with van der Waals surface area (Å²) in [5.74, 6) is 1.42. The zero-order valence-electron chi connectivity index (χ0n) is 51.7. The maximum Gasteiger partial charge on any atom is 0.137 e. The first-order valence-corrected chi connectivity index (χ1v) is 29.3. The third-order valence-electron chi connectivity index (χ3n) is 16.6. The number of aromatic nitrogens is 2. The lowest BCUT2D eigenvalue weighted by Gasteiger charge is -2.28. The van der Waals surface area contributed by atoms with Crippen molar-refractivity contribution in [3.05, 3.63) is 290 Å². The summed E-state index contributed by atoms with van der Waals surface area (Å²) in [6.07, 6.45) is 2.01. The van der Waals surface area contributed by atoms with Crippen LogP contribution in [0.3, 0.4) is 0 Å². The number of rotatable bonds is 11. The van der Waals surface area contributed by atoms with Gasteiger partial charge in [-0.3, -0.25) is 4.57 Å². The third kappa shape index (κ3) is 10.0. The molecule has 14 rings (SSSR count). The molecule has 0 unspecified atom stereocenters. The molecule has 1 aliphatic heterocycles. The molecule has 0 bridgehead atoms. The van der Waals surface area contributed by atoms with Crippen LogP contribution < -0.4 is 14.5 Å². The Labute approximate surface area is 503 Å². The molecule has 0 spiro atoms. The molecule has 0 radical (unpaired) electrons. The molecule has 0 amide bonds. The number of anilines is 4. The van der Waals surface area contributed by atoms with Crippen molar-refractivity contribution >= 4 is 44.6 Å². The van der Waals surface area contributed by atoms with Gasteiger partial charge in [-0.25, -0.2) is 4.98 Å². The van der Waals surface area contributed by atoms with Crippen LogP contribution in [0.2, 0.25) is 0 Å². The summed E-state index contributed by atoms with van der Waals surface area (Å²) < 4.78 is 38.5. The van der Waals surface area contributed by atoms with E-state index in [2.05, 4.69) is 262 Å². The Morgan fingerprint density at radius 2 is 0.941 bits per heavy atom. The van der Waals surface area contributed by atoms with Gasteiger partial charge in [0.2, 0.25) is 0 Å². The lowest BCUT2D eigenvalue weighted by atomic mass is 9.82. The van der Waals surface area contributed by atoms with Crippen LogP contribution in [0.25, 0.3) is 94.4 Å². The second-order valence-electron chi connectivity index (χ2n) is 24.2. The van der Waals surface area contributed by atoms with Gasteiger partial charge in [-0.15, -0.1) is 0 Å². The predicted octanol–water partition coefficient (Wildman–Crippen LogP) is 21.8. The summed E-state index contributed by atoms with van der Waals surface area (Å²) in [5, 5.41) is 2.06. The van der Waals surface area contributed by atoms with Crippen molar-refractivity contribution in [2.24, 2.45) is 0 Å². The fourth-order valence-electron chi connectivity index (χ4n) is 12.3. The van der Waals surface area contributed by atoms with E-state index in [0.717, 1.165) is 117 Å². The number of hydrogen-bond acceptors (Lipinski definition) is 4. The molecule has 0 saturated carbocycles. The maximum absolute atomic E-state index is 9.77. The molecule has 1 aliphatic rings. The molecule has 13 aromatic rings. The van der Waals surface area contributed by atoms with Gasteiger partial charge in [0.15, 0.2) is 0 Å². The average Bonchev–Trinajstić information content (AvgIpc) is 3.44. The fourth-order valence-corrected chi connectivity index (χ4v) is 12.3. The number of nitrogens with zero attached hydrogens (tertiary/aromatic N) is 4. The molecular weight excluding hydrogens is 1030 g/mol. The SMILES string of the molecule is [2H]c1c(Oc2cc3c(cc2-c2ccccc2)c2cc(-c4ccccc4)ccc2n3-c2cc(C(C)(C)C)c(-c3ccccc3)cn2)cc(N2CN(c3c(-c4ccc(C(C)(C)C)cc4)cccc3-c3cccc(-c4ccccc4)c3)c3ccccc32)c([2H])c1[2H]. The van der Waals surface area contributed by atoms with Gasteiger partial charge in [0.1, 0.15) is 24.0 Å². The molecule has 3 heterocycles. The van der Waals surface area contributed by atoms with Crippen molar-refractivity contribution in [2.75, 3.05) is 16.5 Å². The molecule has 5 heteroatoms. The number of pyridine rings is 1. The Hall–Kier alpha value is -10.2. The van der Waals surface area contributed by atoms with Gasteiger partial charge in [-0.1, -0.05) is 248 Å². The normalized spacial score (nSPS) is 13.0. The first kappa shape index (κ1) is 49.4. The smallest absolute Gasteiger partial charge is 0.137 e. The highest BCUT2D eigenvalue weighted by Gasteiger charge is 2.32. The van der Waals surface area contributed by atoms with Gasteiger partial charge in [-0.2, -0.15) is 0 Å². The third-order valence-corrected chi connectivity index (χ3v) is 16.6. The van der Waals surface area contributed by atoms with Gasteiger partial charge >= 0.3 is 0 Å². The van der Waals surface area contributed by atoms with Crippen LogP contribution in [0.5, 0.6) is 11.5 Å². The van der Waals surface area contributed by atoms with E-state index >= 15 is 0 Å². The largest absolute Gasteiger partial charge is 0.457 e. The van der Waals surface area contributed by atoms with Crippen LogP contribution in [0.1, 0.15) is 56.8 Å². The second kappa shape index (κ2) is 21.5. The Balaban J connectivity index is 0.936. The number of hydrogen-bond donors (Lipinski definition) is 0. The molecule has 0 atom stereocenters. The second-order valence-corrected chi connectivity index (χ2v) is 24.2. The average molecular weight is 1100 g/mol. The van der Waals surface area contributed by atoms with Crippen molar-refractivity contribution in [2.45, 2.75) is 52.4 Å². The summed E-state index contributed by atoms with van der Waals surface area (Å²) in [5.41, 5.74) is 20.0. The fraction of sp³-hybridized carbons (Fsp3) is 0.113. The standard InChI is InChI=1S/C80H66N4O/c1-79(2,3)62-43-40-58(41-44-62)65-36-23-37-66(61-33-21-32-59(46-61)54-24-11-7-12-25-54)78(65)83-53-82(73-38-19-20-39-74(73)83)63-34-22-35-64(48-63)85-76-51-75-69(49-67(76)56-28-15-9-16-29-56)68-47-60(55-26-13-8-14-27-55)42-45-72(68)84(75)77-50-71(80(4,5)6)70(52-81-77)57-30-17-10-18-31-57/h7-52H,53H2,1-6H3/i22D,34D,35D. The summed E-state index contributed by atoms with van der Waals surface area (Å²) in [6, 6.07) is 88.7. The lowest BCUT2D eigenvalue weighted by molar-refractivity contribution is 0.485. The Morgan fingerprint density at radius 3 is 1.59 bits per heavy atom. The minimum Gasteiger partial charge on any atom is -0.457 e. The van der Waals surface area contributed by atoms with Gasteiger partial charge in [0, 0.05) is 57.0 Å². The molecule has 2 aromatic heterocycles. The summed E-state index contributed by atoms with van der Waals surface area (Å²) in [6.45, 7) is 13.8. The van der Waals surface area contributed by atoms with Crippen LogP contribution in [-0.4, -0.2) is 16.2 Å². The highest BCUT2D eigenvalue weighted by atomic mass is 16.5. The van der Waals surface area contributed by atoms with E-state index in [1.54, 1.807) is 6.07 Å². The Bertz CT molecular complexity index is 4780. The topological polar surface area (TPSA) is 33.5 Å². The highest BCUT2D eigenvalue weighted by molar-refractivity contribution is 6.12. The number of para-hydroxylation sites is 3. The minimum atomic E-state index is -0.234. The van der Waals surface area contributed by atoms with Crippen LogP contribution in [-0.2, 0) is 10.8 Å². The summed E-state index contributed by atoms with van der Waals surface area (Å²) in [4.78, 5) is 9.75. The lowest BCUT2D eigenvalue weighted by Crippen LogP contribution is -2.25. The van der Waals surface area contributed by atoms with Crippen molar-refractivity contribution < 1.29 is 8.85 Å². The van der Waals surface area contributed by atoms with Crippen LogP contribution >= 0.6 is 0 Å². The van der Waals surface area contributed by atoms with E-state index in [4.69, 9.17) is 9.72 Å². The van der Waals surface area contributed by atoms with Crippen molar-refractivity contribution in [3.63, 3.8) is 0 Å². The molecule has 0 fully saturated rings. The van der Waals surface area contributed by atoms with Crippen molar-refractivity contribution in [1.29, 1.82) is 0 Å². The van der Waals surface area contributed by atoms with Crippen molar-refractivity contribution in [1.82, 2.24) is 9.55 Å². The van der Waals surface area contributed by atoms with E-state index in [1.807, 2.05) is 48.7 Å². The maximum atomic E-state index is 9.77. The van der Waals surface area contributed by atoms with Crippen LogP contribution in [0, 0.1) is 0 Å². The van der Waals surface area contributed by atoms with E-state index in [9.17, 15) is 4.11 Å². The zero-order chi connectivity index (χ0) is 60.4. The summed E-state index contributed by atoms with van der Waals surface area (Å²) >= 11 is 0. The first-order valence-electron chi connectivity index (χ1n) is 30.8. The van der Waals surface area contributed by atoms with Gasteiger partial charge < -0.3 is 14.5 Å². The quantitative estimate of drug-likeness (QED) is 0.129. The Kier molecular flexibility index (Phi) is 12.5. The van der Waals surface area contributed by atoms with Gasteiger partial charge in [-0.05, 0) is 121 Å². The number of benzene rings is 11. The Morgan fingerprint density at radius 1 is 0.412 bits per heavy atom. The molecular formula is C80H66N4O. The van der Waals surface area contributed by atoms with Gasteiger partial charge in [0.25, 0.3) is 0 Å². The highest BCUT2D eigenvalue weighted by Crippen LogP contribution is 2.52. The van der Waals surface area contributed by atoms with Crippen LogP contribution in [0.15, 0.2) is 279 Å². The predicted molar refractivity (Wildman–Crippen MR) is 357 cm³/mol. The molecule has 85 heavy (non-hydrogen) atoms. The first-order chi connectivity index (χ1) is 42.7. The van der Waals surface area contributed by atoms with E-state index in [-0.39, 0.29) is 34.7 Å². The van der Waals surface area contributed by atoms with Gasteiger partial charge in [0.05, 0.1) is 32.2 Å². The number of ether oxygens (including phenoxy) is 1. The van der Waals surface area contributed by atoms with E-state index in [0.29, 0.717) is 18.1 Å². The molecule has 5 nitrogen and oxygen atoms in total. The molecule has 0 aliphatic carbocycles. The summed E-state index contributed by atoms with van der Waals surface area (Å²) in [7, 11) is 0. The monoisotopic (exact) mass is 1100 g/mol. The van der Waals surface area contributed by atoms with Crippen molar-refractivity contribution in [3.8, 4) is 84.1 Å². The number of fused-ring (bicyclic) bond motifs is 4. The van der Waals surface area contributed by atoms with Crippen LogP contribution in [0.4, 0.5) is 22.7 Å². The molecule has 11 aromatic carbocycles. The minimum absolute atomic E-state index is 0.0236. The zero-order valence-corrected chi connectivity index (χ0v) is 48.7. The molecule has 412 valence electrons. The van der Waals surface area contributed by atoms with E-state index < -0.39 is 0 Å².